The molecular weight excluding hydrogens is 234 g/mol. The first kappa shape index (κ1) is 13.3. The highest BCUT2D eigenvalue weighted by molar-refractivity contribution is 7.91. The van der Waals surface area contributed by atoms with Crippen LogP contribution in [0.4, 0.5) is 0 Å². The summed E-state index contributed by atoms with van der Waals surface area (Å²) in [5.74, 6) is 1.29. The Morgan fingerprint density at radius 2 is 2.20 bits per heavy atom. The van der Waals surface area contributed by atoms with E-state index < -0.39 is 9.84 Å². The quantitative estimate of drug-likeness (QED) is 0.556. The molecule has 15 heavy (non-hydrogen) atoms. The summed E-state index contributed by atoms with van der Waals surface area (Å²) in [6.45, 7) is 4.71. The lowest BCUT2D eigenvalue weighted by atomic mass is 10.3. The summed E-state index contributed by atoms with van der Waals surface area (Å²) in [4.78, 5) is 2.17. The summed E-state index contributed by atoms with van der Waals surface area (Å²) < 4.78 is 27.9. The van der Waals surface area contributed by atoms with Gasteiger partial charge in [0.2, 0.25) is 0 Å². The van der Waals surface area contributed by atoms with Crippen LogP contribution in [-0.4, -0.2) is 62.9 Å². The number of ether oxygens (including phenoxy) is 1. The van der Waals surface area contributed by atoms with Crippen LogP contribution in [0.2, 0.25) is 0 Å². The number of nitrogens with zero attached hydrogens (tertiary/aromatic N) is 1. The number of hydrogen-bond acceptors (Lipinski definition) is 5. The zero-order chi connectivity index (χ0) is 11.3. The third-order valence-corrected chi connectivity index (χ3v) is 4.54. The van der Waals surface area contributed by atoms with Crippen LogP contribution in [0.5, 0.6) is 0 Å². The second kappa shape index (κ2) is 6.08. The van der Waals surface area contributed by atoms with Gasteiger partial charge in [0, 0.05) is 24.9 Å². The maximum absolute atomic E-state index is 11.3. The SMILES string of the molecule is CC1CS(=O)(=O)CCN1CCOCCS. The van der Waals surface area contributed by atoms with E-state index in [0.29, 0.717) is 19.8 Å². The van der Waals surface area contributed by atoms with Gasteiger partial charge >= 0.3 is 0 Å². The van der Waals surface area contributed by atoms with Gasteiger partial charge in [-0.2, -0.15) is 12.6 Å². The van der Waals surface area contributed by atoms with Crippen molar-refractivity contribution in [3.05, 3.63) is 0 Å². The molecule has 0 amide bonds. The molecule has 0 aromatic heterocycles. The fourth-order valence-electron chi connectivity index (χ4n) is 1.71. The van der Waals surface area contributed by atoms with Gasteiger partial charge in [-0.15, -0.1) is 0 Å². The highest BCUT2D eigenvalue weighted by Gasteiger charge is 2.27. The van der Waals surface area contributed by atoms with Gasteiger partial charge in [-0.3, -0.25) is 4.90 Å². The maximum atomic E-state index is 11.3. The lowest BCUT2D eigenvalue weighted by Gasteiger charge is -2.32. The van der Waals surface area contributed by atoms with E-state index in [-0.39, 0.29) is 17.5 Å². The first-order valence-corrected chi connectivity index (χ1v) is 7.63. The molecule has 90 valence electrons. The van der Waals surface area contributed by atoms with Gasteiger partial charge in [0.1, 0.15) is 0 Å². The molecule has 0 spiro atoms. The predicted octanol–water partition coefficient (Wildman–Crippen LogP) is 0.0517. The maximum Gasteiger partial charge on any atom is 0.153 e. The smallest absolute Gasteiger partial charge is 0.153 e. The lowest BCUT2D eigenvalue weighted by molar-refractivity contribution is 0.104. The fourth-order valence-corrected chi connectivity index (χ4v) is 3.47. The zero-order valence-electron chi connectivity index (χ0n) is 9.05. The van der Waals surface area contributed by atoms with Crippen molar-refractivity contribution in [1.82, 2.24) is 4.90 Å². The van der Waals surface area contributed by atoms with Crippen molar-refractivity contribution in [1.29, 1.82) is 0 Å². The van der Waals surface area contributed by atoms with E-state index in [1.54, 1.807) is 0 Å². The molecule has 1 rings (SSSR count). The van der Waals surface area contributed by atoms with Crippen molar-refractivity contribution in [3.8, 4) is 0 Å². The van der Waals surface area contributed by atoms with Gasteiger partial charge in [0.15, 0.2) is 9.84 Å². The first-order valence-electron chi connectivity index (χ1n) is 5.18. The molecule has 1 fully saturated rings. The molecule has 0 saturated carbocycles. The van der Waals surface area contributed by atoms with E-state index in [1.165, 1.54) is 0 Å². The van der Waals surface area contributed by atoms with E-state index in [4.69, 9.17) is 4.74 Å². The molecule has 0 bridgehead atoms. The fraction of sp³-hybridized carbons (Fsp3) is 1.00. The molecule has 4 nitrogen and oxygen atoms in total. The molecule has 0 aliphatic carbocycles. The van der Waals surface area contributed by atoms with Gasteiger partial charge in [-0.05, 0) is 6.92 Å². The zero-order valence-corrected chi connectivity index (χ0v) is 10.8. The summed E-state index contributed by atoms with van der Waals surface area (Å²) >= 11 is 4.04. The minimum absolute atomic E-state index is 0.114. The molecule has 1 aliphatic rings. The third kappa shape index (κ3) is 4.72. The van der Waals surface area contributed by atoms with E-state index in [0.717, 1.165) is 12.3 Å². The van der Waals surface area contributed by atoms with Crippen LogP contribution in [0, 0.1) is 0 Å². The largest absolute Gasteiger partial charge is 0.379 e. The van der Waals surface area contributed by atoms with Gasteiger partial charge in [0.25, 0.3) is 0 Å². The monoisotopic (exact) mass is 253 g/mol. The first-order chi connectivity index (χ1) is 7.05. The van der Waals surface area contributed by atoms with Crippen LogP contribution in [0.15, 0.2) is 0 Å². The minimum Gasteiger partial charge on any atom is -0.379 e. The highest BCUT2D eigenvalue weighted by Crippen LogP contribution is 2.10. The van der Waals surface area contributed by atoms with Crippen molar-refractivity contribution in [2.75, 3.05) is 43.6 Å². The molecule has 1 unspecified atom stereocenters. The van der Waals surface area contributed by atoms with Crippen molar-refractivity contribution in [2.45, 2.75) is 13.0 Å². The Hall–Kier alpha value is 0.220. The molecule has 0 aromatic rings. The van der Waals surface area contributed by atoms with Crippen LogP contribution in [0.1, 0.15) is 6.92 Å². The second-order valence-electron chi connectivity index (χ2n) is 3.84. The van der Waals surface area contributed by atoms with Crippen molar-refractivity contribution >= 4 is 22.5 Å². The van der Waals surface area contributed by atoms with Gasteiger partial charge < -0.3 is 4.74 Å². The van der Waals surface area contributed by atoms with Gasteiger partial charge in [0.05, 0.1) is 24.7 Å². The molecule has 1 saturated heterocycles. The molecular formula is C9H19NO3S2. The van der Waals surface area contributed by atoms with Gasteiger partial charge in [-0.25, -0.2) is 8.42 Å². The Morgan fingerprint density at radius 1 is 1.47 bits per heavy atom. The number of sulfone groups is 1. The molecule has 0 radical (unpaired) electrons. The third-order valence-electron chi connectivity index (χ3n) is 2.57. The van der Waals surface area contributed by atoms with Crippen LogP contribution < -0.4 is 0 Å². The normalized spacial score (nSPS) is 26.7. The molecule has 1 heterocycles. The molecule has 1 atom stereocenters. The Bertz CT molecular complexity index is 279. The second-order valence-corrected chi connectivity index (χ2v) is 6.51. The minimum atomic E-state index is -2.79. The van der Waals surface area contributed by atoms with E-state index in [2.05, 4.69) is 17.5 Å². The van der Waals surface area contributed by atoms with Crippen LogP contribution in [0.25, 0.3) is 0 Å². The van der Waals surface area contributed by atoms with Crippen molar-refractivity contribution in [3.63, 3.8) is 0 Å². The summed E-state index contributed by atoms with van der Waals surface area (Å²) in [7, 11) is -2.79. The van der Waals surface area contributed by atoms with Gasteiger partial charge in [-0.1, -0.05) is 0 Å². The molecule has 0 aromatic carbocycles. The molecule has 1 aliphatic heterocycles. The Balaban J connectivity index is 2.26. The van der Waals surface area contributed by atoms with Crippen LogP contribution >= 0.6 is 12.6 Å². The van der Waals surface area contributed by atoms with Crippen LogP contribution in [0.3, 0.4) is 0 Å². The Morgan fingerprint density at radius 3 is 2.80 bits per heavy atom. The Kier molecular flexibility index (Phi) is 5.38. The standard InChI is InChI=1S/C9H19NO3S2/c1-9-8-15(11,12)7-3-10(9)2-4-13-5-6-14/h9,14H,2-8H2,1H3. The summed E-state index contributed by atoms with van der Waals surface area (Å²) in [5, 5.41) is 0. The van der Waals surface area contributed by atoms with Crippen molar-refractivity contribution in [2.24, 2.45) is 0 Å². The van der Waals surface area contributed by atoms with E-state index >= 15 is 0 Å². The molecule has 6 heteroatoms. The number of rotatable bonds is 5. The highest BCUT2D eigenvalue weighted by atomic mass is 32.2. The summed E-state index contributed by atoms with van der Waals surface area (Å²) in [6.07, 6.45) is 0. The topological polar surface area (TPSA) is 46.6 Å². The average molecular weight is 253 g/mol. The Labute approximate surface area is 97.3 Å². The van der Waals surface area contributed by atoms with Crippen molar-refractivity contribution < 1.29 is 13.2 Å². The summed E-state index contributed by atoms with van der Waals surface area (Å²) in [6, 6.07) is 0.114. The van der Waals surface area contributed by atoms with E-state index in [1.807, 2.05) is 6.92 Å². The molecule has 0 N–H and O–H groups in total. The lowest BCUT2D eigenvalue weighted by Crippen LogP contribution is -2.48. The summed E-state index contributed by atoms with van der Waals surface area (Å²) in [5.41, 5.74) is 0. The van der Waals surface area contributed by atoms with E-state index in [9.17, 15) is 8.42 Å². The number of thiol groups is 1. The predicted molar refractivity (Wildman–Crippen MR) is 64.4 cm³/mol. The number of hydrogen-bond donors (Lipinski definition) is 1. The van der Waals surface area contributed by atoms with Crippen LogP contribution in [-0.2, 0) is 14.6 Å². The average Bonchev–Trinajstić information content (AvgIpc) is 2.14.